The third-order valence-electron chi connectivity index (χ3n) is 4.62. The number of hydrogen-bond acceptors (Lipinski definition) is 3. The van der Waals surface area contributed by atoms with Gasteiger partial charge in [-0.1, -0.05) is 25.0 Å². The first-order valence-corrected chi connectivity index (χ1v) is 6.75. The Morgan fingerprint density at radius 2 is 1.94 bits per heavy atom. The Kier molecular flexibility index (Phi) is 1.97. The number of Topliss-reactive ketones (excluding diaryl/α,β-unsaturated/α-hetero) is 1. The van der Waals surface area contributed by atoms with Gasteiger partial charge in [-0.3, -0.25) is 9.79 Å². The van der Waals surface area contributed by atoms with E-state index in [0.717, 1.165) is 24.3 Å². The van der Waals surface area contributed by atoms with E-state index < -0.39 is 0 Å². The zero-order chi connectivity index (χ0) is 12.2. The van der Waals surface area contributed by atoms with Crippen LogP contribution in [-0.4, -0.2) is 24.7 Å². The number of anilines is 1. The highest BCUT2D eigenvalue weighted by Crippen LogP contribution is 2.44. The monoisotopic (exact) mass is 240 g/mol. The van der Waals surface area contributed by atoms with Crippen molar-refractivity contribution in [3.63, 3.8) is 0 Å². The average molecular weight is 240 g/mol. The summed E-state index contributed by atoms with van der Waals surface area (Å²) in [4.78, 5) is 19.0. The Labute approximate surface area is 107 Å². The molecule has 0 unspecified atom stereocenters. The lowest BCUT2D eigenvalue weighted by molar-refractivity contribution is 0.106. The highest BCUT2D eigenvalue weighted by Gasteiger charge is 2.44. The van der Waals surface area contributed by atoms with Gasteiger partial charge in [0.15, 0.2) is 5.84 Å². The molecule has 2 heterocycles. The summed E-state index contributed by atoms with van der Waals surface area (Å²) in [5.41, 5.74) is 2.22. The molecule has 0 atom stereocenters. The highest BCUT2D eigenvalue weighted by atomic mass is 16.1. The predicted octanol–water partition coefficient (Wildman–Crippen LogP) is 2.66. The van der Waals surface area contributed by atoms with Crippen molar-refractivity contribution in [1.29, 1.82) is 0 Å². The fraction of sp³-hybridized carbons (Fsp3) is 0.467. The van der Waals surface area contributed by atoms with E-state index >= 15 is 0 Å². The lowest BCUT2D eigenvalue weighted by Crippen LogP contribution is -2.45. The van der Waals surface area contributed by atoms with E-state index in [1.165, 1.54) is 25.7 Å². The van der Waals surface area contributed by atoms with Crippen molar-refractivity contribution in [3.8, 4) is 0 Å². The first-order valence-electron chi connectivity index (χ1n) is 6.75. The van der Waals surface area contributed by atoms with Gasteiger partial charge in [-0.25, -0.2) is 0 Å². The van der Waals surface area contributed by atoms with Crippen LogP contribution < -0.4 is 4.90 Å². The molecular formula is C15H16N2O. The number of ketones is 1. The molecule has 0 amide bonds. The van der Waals surface area contributed by atoms with Crippen molar-refractivity contribution in [2.75, 3.05) is 18.0 Å². The largest absolute Gasteiger partial charge is 0.322 e. The molecule has 92 valence electrons. The van der Waals surface area contributed by atoms with Gasteiger partial charge in [-0.05, 0) is 25.0 Å². The van der Waals surface area contributed by atoms with Crippen molar-refractivity contribution in [1.82, 2.24) is 0 Å². The molecule has 1 aliphatic carbocycles. The summed E-state index contributed by atoms with van der Waals surface area (Å²) in [6.45, 7) is 1.83. The fourth-order valence-electron chi connectivity index (χ4n) is 3.64. The molecule has 0 saturated heterocycles. The molecule has 0 radical (unpaired) electrons. The third kappa shape index (κ3) is 1.25. The van der Waals surface area contributed by atoms with E-state index in [1.54, 1.807) is 0 Å². The number of fused-ring (bicyclic) bond motifs is 3. The van der Waals surface area contributed by atoms with Gasteiger partial charge in [0, 0.05) is 24.1 Å². The number of carbonyl (C=O) groups is 1. The van der Waals surface area contributed by atoms with Crippen LogP contribution in [0.25, 0.3) is 0 Å². The van der Waals surface area contributed by atoms with Gasteiger partial charge in [-0.2, -0.15) is 0 Å². The molecule has 3 heteroatoms. The first-order chi connectivity index (χ1) is 8.79. The van der Waals surface area contributed by atoms with Gasteiger partial charge in [-0.15, -0.1) is 0 Å². The number of benzene rings is 1. The van der Waals surface area contributed by atoms with E-state index in [0.29, 0.717) is 11.3 Å². The minimum Gasteiger partial charge on any atom is -0.322 e. The second-order valence-corrected chi connectivity index (χ2v) is 5.78. The molecular weight excluding hydrogens is 224 g/mol. The predicted molar refractivity (Wildman–Crippen MR) is 71.3 cm³/mol. The summed E-state index contributed by atoms with van der Waals surface area (Å²) in [6, 6.07) is 7.90. The molecule has 0 N–H and O–H groups in total. The molecule has 3 nitrogen and oxygen atoms in total. The van der Waals surface area contributed by atoms with E-state index in [9.17, 15) is 4.79 Å². The van der Waals surface area contributed by atoms with Gasteiger partial charge in [0.2, 0.25) is 5.78 Å². The van der Waals surface area contributed by atoms with Crippen LogP contribution >= 0.6 is 0 Å². The molecule has 1 aromatic rings. The smallest absolute Gasteiger partial charge is 0.230 e. The second-order valence-electron chi connectivity index (χ2n) is 5.78. The maximum atomic E-state index is 12.3. The summed E-state index contributed by atoms with van der Waals surface area (Å²) in [7, 11) is 0. The highest BCUT2D eigenvalue weighted by molar-refractivity contribution is 6.54. The SMILES string of the molecule is O=C1C2=NCC3(CCCC3)CN2c2ccccc21. The third-order valence-corrected chi connectivity index (χ3v) is 4.62. The van der Waals surface area contributed by atoms with Crippen LogP contribution in [0.2, 0.25) is 0 Å². The summed E-state index contributed by atoms with van der Waals surface area (Å²) in [5, 5.41) is 0. The topological polar surface area (TPSA) is 32.7 Å². The molecule has 1 spiro atoms. The Bertz CT molecular complexity index is 555. The number of nitrogens with zero attached hydrogens (tertiary/aromatic N) is 2. The van der Waals surface area contributed by atoms with Crippen LogP contribution in [0, 0.1) is 5.41 Å². The number of aliphatic imine (C=N–C) groups is 1. The van der Waals surface area contributed by atoms with Crippen LogP contribution in [-0.2, 0) is 0 Å². The van der Waals surface area contributed by atoms with Crippen LogP contribution in [0.1, 0.15) is 36.0 Å². The lowest BCUT2D eigenvalue weighted by Gasteiger charge is -2.37. The molecule has 0 aromatic heterocycles. The first kappa shape index (κ1) is 10.3. The fourth-order valence-corrected chi connectivity index (χ4v) is 3.64. The van der Waals surface area contributed by atoms with E-state index in [2.05, 4.69) is 9.89 Å². The van der Waals surface area contributed by atoms with E-state index in [-0.39, 0.29) is 5.78 Å². The zero-order valence-electron chi connectivity index (χ0n) is 10.4. The molecule has 3 aliphatic rings. The van der Waals surface area contributed by atoms with Crippen LogP contribution in [0.3, 0.4) is 0 Å². The van der Waals surface area contributed by atoms with Crippen molar-refractivity contribution in [2.45, 2.75) is 25.7 Å². The normalized spacial score (nSPS) is 24.1. The van der Waals surface area contributed by atoms with Gasteiger partial charge < -0.3 is 4.90 Å². The lowest BCUT2D eigenvalue weighted by atomic mass is 9.84. The Balaban J connectivity index is 1.80. The van der Waals surface area contributed by atoms with Gasteiger partial charge in [0.05, 0.1) is 5.69 Å². The molecule has 0 bridgehead atoms. The van der Waals surface area contributed by atoms with Crippen LogP contribution in [0.15, 0.2) is 29.3 Å². The Morgan fingerprint density at radius 3 is 2.78 bits per heavy atom. The Hall–Kier alpha value is -1.64. The summed E-state index contributed by atoms with van der Waals surface area (Å²) in [5.74, 6) is 0.784. The maximum absolute atomic E-state index is 12.3. The quantitative estimate of drug-likeness (QED) is 0.698. The van der Waals surface area contributed by atoms with Crippen molar-refractivity contribution in [3.05, 3.63) is 29.8 Å². The summed E-state index contributed by atoms with van der Waals surface area (Å²) in [6.07, 6.45) is 5.15. The summed E-state index contributed by atoms with van der Waals surface area (Å²) < 4.78 is 0. The second kappa shape index (κ2) is 3.44. The number of rotatable bonds is 0. The molecule has 1 aromatic carbocycles. The maximum Gasteiger partial charge on any atom is 0.230 e. The number of carbonyl (C=O) groups excluding carboxylic acids is 1. The van der Waals surface area contributed by atoms with Gasteiger partial charge in [0.25, 0.3) is 0 Å². The standard InChI is InChI=1S/C15H16N2O/c18-13-11-5-1-2-6-12(11)17-10-15(7-3-4-8-15)9-16-14(13)17/h1-2,5-6H,3-4,7-10H2. The molecule has 1 saturated carbocycles. The minimum atomic E-state index is 0.110. The number of hydrogen-bond donors (Lipinski definition) is 0. The Morgan fingerprint density at radius 1 is 1.17 bits per heavy atom. The van der Waals surface area contributed by atoms with E-state index in [1.807, 2.05) is 24.3 Å². The van der Waals surface area contributed by atoms with E-state index in [4.69, 9.17) is 0 Å². The van der Waals surface area contributed by atoms with Crippen molar-refractivity contribution in [2.24, 2.45) is 10.4 Å². The molecule has 4 rings (SSSR count). The molecule has 1 fully saturated rings. The molecule has 18 heavy (non-hydrogen) atoms. The van der Waals surface area contributed by atoms with Gasteiger partial charge >= 0.3 is 0 Å². The summed E-state index contributed by atoms with van der Waals surface area (Å²) >= 11 is 0. The van der Waals surface area contributed by atoms with Crippen LogP contribution in [0.4, 0.5) is 5.69 Å². The van der Waals surface area contributed by atoms with Crippen molar-refractivity contribution < 1.29 is 4.79 Å². The minimum absolute atomic E-state index is 0.110. The van der Waals surface area contributed by atoms with Crippen molar-refractivity contribution >= 4 is 17.3 Å². The number of para-hydroxylation sites is 1. The van der Waals surface area contributed by atoms with Gasteiger partial charge in [0.1, 0.15) is 0 Å². The average Bonchev–Trinajstić information content (AvgIpc) is 2.96. The van der Waals surface area contributed by atoms with Crippen LogP contribution in [0.5, 0.6) is 0 Å². The number of amidine groups is 1. The molecule has 2 aliphatic heterocycles. The zero-order valence-corrected chi connectivity index (χ0v) is 10.4.